The zero-order chi connectivity index (χ0) is 34.6. The minimum Gasteiger partial charge on any atom is -0.309 e. The van der Waals surface area contributed by atoms with E-state index >= 15 is 0 Å². The van der Waals surface area contributed by atoms with Gasteiger partial charge in [-0.25, -0.2) is 0 Å². The van der Waals surface area contributed by atoms with Crippen molar-refractivity contribution in [2.45, 2.75) is 0 Å². The lowest BCUT2D eigenvalue weighted by Crippen LogP contribution is -1.95. The molecule has 3 heterocycles. The average Bonchev–Trinajstić information content (AvgIpc) is 3.87. The van der Waals surface area contributed by atoms with Gasteiger partial charge in [0.05, 0.1) is 33.4 Å². The zero-order valence-corrected chi connectivity index (χ0v) is 29.4. The number of aromatic nitrogens is 2. The molecule has 0 atom stereocenters. The van der Waals surface area contributed by atoms with Crippen LogP contribution < -0.4 is 0 Å². The van der Waals surface area contributed by atoms with Gasteiger partial charge >= 0.3 is 0 Å². The van der Waals surface area contributed by atoms with Crippen LogP contribution in [0.2, 0.25) is 0 Å². The van der Waals surface area contributed by atoms with Crippen LogP contribution in [0.25, 0.3) is 108 Å². The van der Waals surface area contributed by atoms with Crippen molar-refractivity contribution in [2.75, 3.05) is 0 Å². The Morgan fingerprint density at radius 3 is 1.64 bits per heavy atom. The molecule has 0 fully saturated rings. The number of para-hydroxylation sites is 1. The Balaban J connectivity index is 1.11. The molecule has 0 N–H and O–H groups in total. The van der Waals surface area contributed by atoms with Crippen molar-refractivity contribution in [3.8, 4) is 22.5 Å². The van der Waals surface area contributed by atoms with Crippen LogP contribution in [0.3, 0.4) is 0 Å². The number of rotatable bonds is 3. The second-order valence-electron chi connectivity index (χ2n) is 14.1. The second-order valence-corrected chi connectivity index (χ2v) is 15.2. The number of benzene rings is 9. The van der Waals surface area contributed by atoms with Gasteiger partial charge in [-0.3, -0.25) is 0 Å². The van der Waals surface area contributed by atoms with E-state index in [0.717, 1.165) is 0 Å². The molecule has 3 heteroatoms. The third-order valence-corrected chi connectivity index (χ3v) is 12.4. The van der Waals surface area contributed by atoms with E-state index in [-0.39, 0.29) is 0 Å². The lowest BCUT2D eigenvalue weighted by Gasteiger charge is -2.12. The topological polar surface area (TPSA) is 9.86 Å². The highest BCUT2D eigenvalue weighted by Gasteiger charge is 2.19. The Morgan fingerprint density at radius 2 is 0.830 bits per heavy atom. The lowest BCUT2D eigenvalue weighted by atomic mass is 10.00. The number of fused-ring (bicyclic) bond motifs is 11. The van der Waals surface area contributed by atoms with Crippen LogP contribution in [0.5, 0.6) is 0 Å². The molecule has 0 amide bonds. The van der Waals surface area contributed by atoms with E-state index in [1.54, 1.807) is 0 Å². The molecule has 0 saturated heterocycles. The second kappa shape index (κ2) is 10.9. The molecule has 12 aromatic rings. The first-order valence-corrected chi connectivity index (χ1v) is 19.0. The quantitative estimate of drug-likeness (QED) is 0.175. The summed E-state index contributed by atoms with van der Waals surface area (Å²) in [5.74, 6) is 0. The van der Waals surface area contributed by atoms with Gasteiger partial charge in [0.25, 0.3) is 0 Å². The van der Waals surface area contributed by atoms with Crippen molar-refractivity contribution in [3.63, 3.8) is 0 Å². The molecule has 0 radical (unpaired) electrons. The summed E-state index contributed by atoms with van der Waals surface area (Å²) in [7, 11) is 0. The summed E-state index contributed by atoms with van der Waals surface area (Å²) >= 11 is 1.87. The first-order chi connectivity index (χ1) is 26.3. The minimum absolute atomic E-state index is 1.20. The summed E-state index contributed by atoms with van der Waals surface area (Å²) < 4.78 is 7.58. The van der Waals surface area contributed by atoms with Crippen molar-refractivity contribution >= 4 is 96.7 Å². The third-order valence-electron chi connectivity index (χ3n) is 11.3. The molecular weight excluding hydrogens is 661 g/mol. The molecule has 3 aromatic heterocycles. The van der Waals surface area contributed by atoms with Gasteiger partial charge in [-0.1, -0.05) is 115 Å². The molecule has 0 saturated carbocycles. The van der Waals surface area contributed by atoms with E-state index in [4.69, 9.17) is 0 Å². The Hall–Kier alpha value is -6.68. The predicted octanol–water partition coefficient (Wildman–Crippen LogP) is 14.2. The smallest absolute Gasteiger partial charge is 0.0555 e. The number of hydrogen-bond donors (Lipinski definition) is 0. The van der Waals surface area contributed by atoms with Gasteiger partial charge < -0.3 is 9.13 Å². The van der Waals surface area contributed by atoms with Crippen molar-refractivity contribution in [2.24, 2.45) is 0 Å². The van der Waals surface area contributed by atoms with E-state index in [1.165, 1.54) is 108 Å². The molecular formula is C50H30N2S. The van der Waals surface area contributed by atoms with E-state index in [9.17, 15) is 0 Å². The van der Waals surface area contributed by atoms with Gasteiger partial charge in [0, 0.05) is 47.1 Å². The molecule has 0 aliphatic heterocycles. The van der Waals surface area contributed by atoms with Gasteiger partial charge in [0.1, 0.15) is 0 Å². The fourth-order valence-electron chi connectivity index (χ4n) is 8.90. The van der Waals surface area contributed by atoms with E-state index in [1.807, 2.05) is 11.3 Å². The molecule has 0 bridgehead atoms. The minimum atomic E-state index is 1.20. The van der Waals surface area contributed by atoms with Crippen molar-refractivity contribution in [1.82, 2.24) is 9.13 Å². The number of nitrogens with zero attached hydrogens (tertiary/aromatic N) is 2. The van der Waals surface area contributed by atoms with E-state index in [0.29, 0.717) is 0 Å². The van der Waals surface area contributed by atoms with Crippen LogP contribution in [0, 0.1) is 0 Å². The van der Waals surface area contributed by atoms with Crippen molar-refractivity contribution in [3.05, 3.63) is 182 Å². The zero-order valence-electron chi connectivity index (χ0n) is 28.6. The van der Waals surface area contributed by atoms with Crippen LogP contribution in [0.1, 0.15) is 0 Å². The molecule has 246 valence electrons. The van der Waals surface area contributed by atoms with Gasteiger partial charge in [0.2, 0.25) is 0 Å². The first kappa shape index (κ1) is 29.0. The molecule has 12 rings (SSSR count). The van der Waals surface area contributed by atoms with E-state index in [2.05, 4.69) is 191 Å². The summed E-state index contributed by atoms with van der Waals surface area (Å²) in [4.78, 5) is 0. The SMILES string of the molecule is c1ccc2cc3c(cc2c1)c1cc(-c2ccc4c(c2)c2ccccc2n4-c2cccc4sc5ccccc5c24)ccc1n3-c1cccc2ccccc12. The molecule has 0 aliphatic carbocycles. The standard InChI is InChI=1S/C50H30N2S/c1-2-13-33-30-47-41(27-32(33)12-1)40-29-35(24-26-45(40)52(47)42-19-9-14-31-11-3-4-15-36(31)42)34-23-25-44-39(28-34)37-16-5-7-18-43(37)51(44)46-20-10-22-49-50(46)38-17-6-8-21-48(38)53-49/h1-30H. The first-order valence-electron chi connectivity index (χ1n) is 18.2. The molecule has 2 nitrogen and oxygen atoms in total. The highest BCUT2D eigenvalue weighted by atomic mass is 32.1. The Labute approximate surface area is 309 Å². The monoisotopic (exact) mass is 690 g/mol. The van der Waals surface area contributed by atoms with Gasteiger partial charge in [-0.2, -0.15) is 0 Å². The molecule has 0 aliphatic rings. The summed E-state index contributed by atoms with van der Waals surface area (Å²) in [5, 5.41) is 12.7. The summed E-state index contributed by atoms with van der Waals surface area (Å²) in [5.41, 5.74) is 9.74. The van der Waals surface area contributed by atoms with Gasteiger partial charge in [-0.05, 0) is 94.0 Å². The van der Waals surface area contributed by atoms with Crippen LogP contribution in [-0.2, 0) is 0 Å². The maximum absolute atomic E-state index is 2.47. The molecule has 9 aromatic carbocycles. The van der Waals surface area contributed by atoms with Crippen LogP contribution in [0.4, 0.5) is 0 Å². The van der Waals surface area contributed by atoms with Crippen LogP contribution in [-0.4, -0.2) is 9.13 Å². The molecule has 0 unspecified atom stereocenters. The Bertz CT molecular complexity index is 3460. The normalized spacial score (nSPS) is 12.2. The third kappa shape index (κ3) is 4.14. The Morgan fingerprint density at radius 1 is 0.302 bits per heavy atom. The highest BCUT2D eigenvalue weighted by molar-refractivity contribution is 7.25. The Kier molecular flexibility index (Phi) is 5.96. The molecule has 53 heavy (non-hydrogen) atoms. The fourth-order valence-corrected chi connectivity index (χ4v) is 10.0. The number of hydrogen-bond acceptors (Lipinski definition) is 1. The predicted molar refractivity (Wildman–Crippen MR) is 228 cm³/mol. The van der Waals surface area contributed by atoms with Crippen LogP contribution in [0.15, 0.2) is 182 Å². The summed E-state index contributed by atoms with van der Waals surface area (Å²) in [6.45, 7) is 0. The molecule has 0 spiro atoms. The fraction of sp³-hybridized carbons (Fsp3) is 0. The van der Waals surface area contributed by atoms with Crippen LogP contribution >= 0.6 is 11.3 Å². The largest absolute Gasteiger partial charge is 0.309 e. The highest BCUT2D eigenvalue weighted by Crippen LogP contribution is 2.43. The van der Waals surface area contributed by atoms with Gasteiger partial charge in [0.15, 0.2) is 0 Å². The summed E-state index contributed by atoms with van der Waals surface area (Å²) in [6.07, 6.45) is 0. The maximum atomic E-state index is 2.47. The number of thiophene rings is 1. The van der Waals surface area contributed by atoms with Gasteiger partial charge in [-0.15, -0.1) is 11.3 Å². The van der Waals surface area contributed by atoms with E-state index < -0.39 is 0 Å². The van der Waals surface area contributed by atoms with Crippen molar-refractivity contribution < 1.29 is 0 Å². The van der Waals surface area contributed by atoms with Crippen molar-refractivity contribution in [1.29, 1.82) is 0 Å². The summed E-state index contributed by atoms with van der Waals surface area (Å²) in [6, 6.07) is 67.3. The average molecular weight is 691 g/mol. The maximum Gasteiger partial charge on any atom is 0.0555 e. The lowest BCUT2D eigenvalue weighted by molar-refractivity contribution is 1.20.